The van der Waals surface area contributed by atoms with Crippen molar-refractivity contribution in [1.82, 2.24) is 9.55 Å². The zero-order valence-corrected chi connectivity index (χ0v) is 12.5. The van der Waals surface area contributed by atoms with Crippen LogP contribution in [0.4, 0.5) is 17.6 Å². The Morgan fingerprint density at radius 1 is 0.957 bits per heavy atom. The van der Waals surface area contributed by atoms with Crippen molar-refractivity contribution < 1.29 is 17.6 Å². The summed E-state index contributed by atoms with van der Waals surface area (Å²) in [5.41, 5.74) is -0.0134. The third-order valence-electron chi connectivity index (χ3n) is 3.32. The molecule has 7 heteroatoms. The molecule has 0 amide bonds. The van der Waals surface area contributed by atoms with Crippen molar-refractivity contribution in [2.45, 2.75) is 6.92 Å². The van der Waals surface area contributed by atoms with Crippen molar-refractivity contribution in [3.05, 3.63) is 70.6 Å². The van der Waals surface area contributed by atoms with Crippen LogP contribution >= 0.6 is 11.6 Å². The Hall–Kier alpha value is -2.34. The van der Waals surface area contributed by atoms with Gasteiger partial charge in [-0.15, -0.1) is 0 Å². The van der Waals surface area contributed by atoms with Gasteiger partial charge >= 0.3 is 0 Å². The van der Waals surface area contributed by atoms with Crippen LogP contribution in [0, 0.1) is 30.2 Å². The summed E-state index contributed by atoms with van der Waals surface area (Å²) in [6.45, 7) is 1.50. The first kappa shape index (κ1) is 15.6. The zero-order valence-electron chi connectivity index (χ0n) is 11.7. The van der Waals surface area contributed by atoms with Crippen molar-refractivity contribution in [3.8, 4) is 16.9 Å². The van der Waals surface area contributed by atoms with Crippen molar-refractivity contribution in [1.29, 1.82) is 0 Å². The van der Waals surface area contributed by atoms with Gasteiger partial charge in [-0.1, -0.05) is 6.07 Å². The molecule has 0 aliphatic rings. The van der Waals surface area contributed by atoms with Gasteiger partial charge in [0.2, 0.25) is 5.28 Å². The number of halogens is 5. The normalized spacial score (nSPS) is 11.0. The Bertz CT molecular complexity index is 882. The maximum Gasteiger partial charge on any atom is 0.208 e. The average molecular weight is 341 g/mol. The topological polar surface area (TPSA) is 17.8 Å². The highest BCUT2D eigenvalue weighted by atomic mass is 35.5. The van der Waals surface area contributed by atoms with E-state index in [9.17, 15) is 17.6 Å². The van der Waals surface area contributed by atoms with Crippen LogP contribution < -0.4 is 0 Å². The van der Waals surface area contributed by atoms with Crippen LogP contribution in [0.2, 0.25) is 5.28 Å². The summed E-state index contributed by atoms with van der Waals surface area (Å²) in [6.07, 6.45) is 0. The summed E-state index contributed by atoms with van der Waals surface area (Å²) in [7, 11) is 0. The number of aryl methyl sites for hydroxylation is 1. The van der Waals surface area contributed by atoms with Crippen LogP contribution in [0.1, 0.15) is 5.69 Å². The van der Waals surface area contributed by atoms with Gasteiger partial charge in [0.15, 0.2) is 0 Å². The third-order valence-corrected chi connectivity index (χ3v) is 3.57. The summed E-state index contributed by atoms with van der Waals surface area (Å²) < 4.78 is 56.0. The Morgan fingerprint density at radius 2 is 1.61 bits per heavy atom. The lowest BCUT2D eigenvalue weighted by molar-refractivity contribution is 0.547. The molecule has 0 spiro atoms. The van der Waals surface area contributed by atoms with Crippen molar-refractivity contribution in [2.24, 2.45) is 0 Å². The van der Waals surface area contributed by atoms with E-state index in [1.165, 1.54) is 29.7 Å². The lowest BCUT2D eigenvalue weighted by atomic mass is 10.1. The Morgan fingerprint density at radius 3 is 2.22 bits per heavy atom. The molecule has 0 saturated heterocycles. The SMILES string of the molecule is Cc1nc(Cl)n(-c2cccc(F)c2)c1-c1c(F)cc(F)cc1F. The first-order chi connectivity index (χ1) is 10.9. The minimum Gasteiger partial charge on any atom is -0.283 e. The van der Waals surface area contributed by atoms with Crippen LogP contribution in [0.15, 0.2) is 36.4 Å². The van der Waals surface area contributed by atoms with Gasteiger partial charge in [0.25, 0.3) is 0 Å². The maximum absolute atomic E-state index is 14.1. The predicted molar refractivity (Wildman–Crippen MR) is 78.6 cm³/mol. The smallest absolute Gasteiger partial charge is 0.208 e. The van der Waals surface area contributed by atoms with E-state index in [2.05, 4.69) is 4.98 Å². The molecule has 0 atom stereocenters. The standard InChI is InChI=1S/C16H9ClF4N2/c1-8-15(14-12(20)6-10(19)7-13(14)21)23(16(17)22-8)11-4-2-3-9(18)5-11/h2-7H,1H3. The van der Waals surface area contributed by atoms with Crippen LogP contribution in [0.3, 0.4) is 0 Å². The van der Waals surface area contributed by atoms with Crippen molar-refractivity contribution >= 4 is 11.6 Å². The number of rotatable bonds is 2. The van der Waals surface area contributed by atoms with E-state index >= 15 is 0 Å². The number of aromatic nitrogens is 2. The molecule has 1 aromatic heterocycles. The molecule has 0 N–H and O–H groups in total. The number of hydrogen-bond acceptors (Lipinski definition) is 1. The summed E-state index contributed by atoms with van der Waals surface area (Å²) in [4.78, 5) is 3.98. The van der Waals surface area contributed by atoms with E-state index in [1.54, 1.807) is 0 Å². The maximum atomic E-state index is 14.1. The summed E-state index contributed by atoms with van der Waals surface area (Å²) in [5.74, 6) is -3.78. The number of imidazole rings is 1. The number of hydrogen-bond donors (Lipinski definition) is 0. The van der Waals surface area contributed by atoms with E-state index in [0.717, 1.165) is 6.07 Å². The molecule has 1 heterocycles. The number of nitrogens with zero attached hydrogens (tertiary/aromatic N) is 2. The highest BCUT2D eigenvalue weighted by Gasteiger charge is 2.23. The molecule has 23 heavy (non-hydrogen) atoms. The molecule has 0 aliphatic carbocycles. The fraction of sp³-hybridized carbons (Fsp3) is 0.0625. The largest absolute Gasteiger partial charge is 0.283 e. The van der Waals surface area contributed by atoms with Gasteiger partial charge in [-0.3, -0.25) is 4.57 Å². The molecule has 0 bridgehead atoms. The highest BCUT2D eigenvalue weighted by molar-refractivity contribution is 6.29. The van der Waals surface area contributed by atoms with Gasteiger partial charge < -0.3 is 0 Å². The fourth-order valence-electron chi connectivity index (χ4n) is 2.41. The van der Waals surface area contributed by atoms with Gasteiger partial charge in [-0.25, -0.2) is 22.5 Å². The average Bonchev–Trinajstić information content (AvgIpc) is 2.72. The molecule has 0 saturated carbocycles. The summed E-state index contributed by atoms with van der Waals surface area (Å²) in [5, 5.41) is -0.0915. The molecule has 3 aromatic rings. The second kappa shape index (κ2) is 5.70. The van der Waals surface area contributed by atoms with Crippen LogP contribution in [-0.4, -0.2) is 9.55 Å². The monoisotopic (exact) mass is 340 g/mol. The van der Waals surface area contributed by atoms with Crippen LogP contribution in [0.25, 0.3) is 16.9 Å². The van der Waals surface area contributed by atoms with Gasteiger partial charge in [0, 0.05) is 12.1 Å². The molecule has 2 nitrogen and oxygen atoms in total. The predicted octanol–water partition coefficient (Wildman–Crippen LogP) is 5.06. The van der Waals surface area contributed by atoms with Gasteiger partial charge in [-0.05, 0) is 36.7 Å². The Kier molecular flexibility index (Phi) is 3.85. The molecular formula is C16H9ClF4N2. The first-order valence-corrected chi connectivity index (χ1v) is 6.92. The summed E-state index contributed by atoms with van der Waals surface area (Å²) >= 11 is 6.03. The van der Waals surface area contributed by atoms with E-state index in [4.69, 9.17) is 11.6 Å². The summed E-state index contributed by atoms with van der Waals surface area (Å²) in [6, 6.07) is 6.44. The lowest BCUT2D eigenvalue weighted by Crippen LogP contribution is -2.02. The van der Waals surface area contributed by atoms with Crippen molar-refractivity contribution in [3.63, 3.8) is 0 Å². The molecular weight excluding hydrogens is 332 g/mol. The minimum atomic E-state index is -1.10. The first-order valence-electron chi connectivity index (χ1n) is 6.54. The molecule has 0 fully saturated rings. The second-order valence-corrected chi connectivity index (χ2v) is 5.21. The molecule has 0 radical (unpaired) electrons. The van der Waals surface area contributed by atoms with Crippen LogP contribution in [-0.2, 0) is 0 Å². The highest BCUT2D eigenvalue weighted by Crippen LogP contribution is 2.34. The molecule has 118 valence electrons. The fourth-order valence-corrected chi connectivity index (χ4v) is 2.72. The molecule has 3 rings (SSSR count). The Balaban J connectivity index is 2.34. The Labute approximate surface area is 134 Å². The van der Waals surface area contributed by atoms with E-state index < -0.39 is 28.8 Å². The minimum absolute atomic E-state index is 0.00407. The van der Waals surface area contributed by atoms with Crippen LogP contribution in [0.5, 0.6) is 0 Å². The zero-order chi connectivity index (χ0) is 16.7. The van der Waals surface area contributed by atoms with E-state index in [0.29, 0.717) is 12.1 Å². The lowest BCUT2D eigenvalue weighted by Gasteiger charge is -2.12. The van der Waals surface area contributed by atoms with E-state index in [1.807, 2.05) is 0 Å². The quantitative estimate of drug-likeness (QED) is 0.596. The van der Waals surface area contributed by atoms with Gasteiger partial charge in [0.1, 0.15) is 23.3 Å². The molecule has 0 unspecified atom stereocenters. The van der Waals surface area contributed by atoms with Gasteiger partial charge in [0.05, 0.1) is 22.6 Å². The molecule has 2 aromatic carbocycles. The van der Waals surface area contributed by atoms with Crippen molar-refractivity contribution in [2.75, 3.05) is 0 Å². The van der Waals surface area contributed by atoms with Gasteiger partial charge in [-0.2, -0.15) is 0 Å². The second-order valence-electron chi connectivity index (χ2n) is 4.87. The number of benzene rings is 2. The third kappa shape index (κ3) is 2.70. The molecule has 0 aliphatic heterocycles. The van der Waals surface area contributed by atoms with E-state index in [-0.39, 0.29) is 22.4 Å².